The van der Waals surface area contributed by atoms with Gasteiger partial charge in [-0.15, -0.1) is 24.8 Å². The molecule has 7 nitrogen and oxygen atoms in total. The Bertz CT molecular complexity index is 455. The molecule has 0 aromatic carbocycles. The van der Waals surface area contributed by atoms with Crippen molar-refractivity contribution in [2.24, 2.45) is 11.7 Å². The number of halogens is 2. The third-order valence-corrected chi connectivity index (χ3v) is 5.47. The zero-order valence-electron chi connectivity index (χ0n) is 15.3. The van der Waals surface area contributed by atoms with Gasteiger partial charge in [-0.2, -0.15) is 0 Å². The topological polar surface area (TPSA) is 79.1 Å². The molecule has 2 heterocycles. The Balaban J connectivity index is 0.00000169. The van der Waals surface area contributed by atoms with Gasteiger partial charge >= 0.3 is 0 Å². The van der Waals surface area contributed by atoms with Gasteiger partial charge in [0, 0.05) is 51.2 Å². The number of hydrogen-bond donors (Lipinski definition) is 1. The lowest BCUT2D eigenvalue weighted by Gasteiger charge is -2.38. The molecule has 26 heavy (non-hydrogen) atoms. The molecule has 3 aliphatic rings. The SMILES string of the molecule is Cl.Cl.NC1CCCC(C(=O)N2CCN(CC(=O)N3CCOCC3)CC2)C1. The molecule has 2 N–H and O–H groups in total. The van der Waals surface area contributed by atoms with E-state index in [-0.39, 0.29) is 48.6 Å². The lowest BCUT2D eigenvalue weighted by atomic mass is 9.85. The molecule has 0 radical (unpaired) electrons. The Morgan fingerprint density at radius 1 is 0.923 bits per heavy atom. The summed E-state index contributed by atoms with van der Waals surface area (Å²) in [6.45, 7) is 6.12. The minimum Gasteiger partial charge on any atom is -0.378 e. The minimum absolute atomic E-state index is 0. The Labute approximate surface area is 168 Å². The maximum atomic E-state index is 12.6. The van der Waals surface area contributed by atoms with Gasteiger partial charge in [-0.05, 0) is 19.3 Å². The summed E-state index contributed by atoms with van der Waals surface area (Å²) in [7, 11) is 0. The van der Waals surface area contributed by atoms with E-state index < -0.39 is 0 Å². The van der Waals surface area contributed by atoms with E-state index in [2.05, 4.69) is 4.90 Å². The molecule has 2 saturated heterocycles. The molecule has 3 rings (SSSR count). The number of carbonyl (C=O) groups excluding carboxylic acids is 2. The minimum atomic E-state index is 0. The molecule has 2 unspecified atom stereocenters. The number of carbonyl (C=O) groups is 2. The van der Waals surface area contributed by atoms with Crippen molar-refractivity contribution in [2.45, 2.75) is 31.7 Å². The second kappa shape index (κ2) is 11.3. The van der Waals surface area contributed by atoms with Gasteiger partial charge < -0.3 is 20.3 Å². The zero-order valence-corrected chi connectivity index (χ0v) is 16.9. The van der Waals surface area contributed by atoms with Gasteiger partial charge in [0.25, 0.3) is 0 Å². The van der Waals surface area contributed by atoms with Crippen LogP contribution in [-0.2, 0) is 14.3 Å². The molecule has 2 atom stereocenters. The summed E-state index contributed by atoms with van der Waals surface area (Å²) in [4.78, 5) is 30.9. The summed E-state index contributed by atoms with van der Waals surface area (Å²) in [5.41, 5.74) is 6.01. The van der Waals surface area contributed by atoms with E-state index in [0.717, 1.165) is 51.9 Å². The Morgan fingerprint density at radius 2 is 1.58 bits per heavy atom. The number of nitrogens with two attached hydrogens (primary N) is 1. The highest BCUT2D eigenvalue weighted by Crippen LogP contribution is 2.25. The molecular formula is C17H32Cl2N4O3. The van der Waals surface area contributed by atoms with E-state index in [0.29, 0.717) is 32.8 Å². The van der Waals surface area contributed by atoms with Crippen LogP contribution in [0.1, 0.15) is 25.7 Å². The smallest absolute Gasteiger partial charge is 0.236 e. The largest absolute Gasteiger partial charge is 0.378 e. The van der Waals surface area contributed by atoms with Crippen LogP contribution in [0, 0.1) is 5.92 Å². The number of amides is 2. The molecule has 0 aromatic heterocycles. The van der Waals surface area contributed by atoms with E-state index in [1.165, 1.54) is 0 Å². The molecule has 0 aromatic rings. The highest BCUT2D eigenvalue weighted by atomic mass is 35.5. The van der Waals surface area contributed by atoms with Crippen LogP contribution in [0.5, 0.6) is 0 Å². The molecule has 1 aliphatic carbocycles. The number of rotatable bonds is 3. The molecule has 0 spiro atoms. The van der Waals surface area contributed by atoms with Crippen molar-refractivity contribution in [2.75, 3.05) is 59.0 Å². The van der Waals surface area contributed by atoms with Crippen molar-refractivity contribution < 1.29 is 14.3 Å². The number of hydrogen-bond acceptors (Lipinski definition) is 5. The molecule has 2 aliphatic heterocycles. The quantitative estimate of drug-likeness (QED) is 0.725. The molecule has 1 saturated carbocycles. The Hall–Kier alpha value is -0.600. The van der Waals surface area contributed by atoms with Crippen LogP contribution in [0.4, 0.5) is 0 Å². The standard InChI is InChI=1S/C17H30N4O3.2ClH/c18-15-3-1-2-14(12-15)17(23)21-6-4-19(5-7-21)13-16(22)20-8-10-24-11-9-20;;/h14-15H,1-13,18H2;2*1H. The Morgan fingerprint density at radius 3 is 2.19 bits per heavy atom. The number of nitrogens with zero attached hydrogens (tertiary/aromatic N) is 3. The average molecular weight is 411 g/mol. The second-order valence-corrected chi connectivity index (χ2v) is 7.22. The summed E-state index contributed by atoms with van der Waals surface area (Å²) in [5, 5.41) is 0. The van der Waals surface area contributed by atoms with E-state index >= 15 is 0 Å². The van der Waals surface area contributed by atoms with Gasteiger partial charge in [-0.1, -0.05) is 6.42 Å². The predicted molar refractivity (Wildman–Crippen MR) is 105 cm³/mol. The van der Waals surface area contributed by atoms with Gasteiger partial charge in [0.1, 0.15) is 0 Å². The van der Waals surface area contributed by atoms with Crippen LogP contribution >= 0.6 is 24.8 Å². The van der Waals surface area contributed by atoms with Crippen LogP contribution in [-0.4, -0.2) is 91.6 Å². The van der Waals surface area contributed by atoms with Gasteiger partial charge in [0.05, 0.1) is 19.8 Å². The molecule has 2 amide bonds. The van der Waals surface area contributed by atoms with Crippen LogP contribution in [0.2, 0.25) is 0 Å². The lowest BCUT2D eigenvalue weighted by Crippen LogP contribution is -2.54. The predicted octanol–water partition coefficient (Wildman–Crippen LogP) is 0.351. The van der Waals surface area contributed by atoms with Crippen molar-refractivity contribution in [1.29, 1.82) is 0 Å². The van der Waals surface area contributed by atoms with Crippen LogP contribution in [0.15, 0.2) is 0 Å². The summed E-state index contributed by atoms with van der Waals surface area (Å²) >= 11 is 0. The van der Waals surface area contributed by atoms with E-state index in [1.807, 2.05) is 9.80 Å². The number of ether oxygens (including phenoxy) is 1. The average Bonchev–Trinajstić information content (AvgIpc) is 2.62. The fraction of sp³-hybridized carbons (Fsp3) is 0.882. The van der Waals surface area contributed by atoms with Crippen molar-refractivity contribution in [3.63, 3.8) is 0 Å². The zero-order chi connectivity index (χ0) is 16.9. The second-order valence-electron chi connectivity index (χ2n) is 7.22. The third kappa shape index (κ3) is 6.23. The van der Waals surface area contributed by atoms with Gasteiger partial charge in [0.15, 0.2) is 0 Å². The fourth-order valence-corrected chi connectivity index (χ4v) is 3.94. The maximum Gasteiger partial charge on any atom is 0.236 e. The molecular weight excluding hydrogens is 379 g/mol. The van der Waals surface area contributed by atoms with Crippen molar-refractivity contribution in [3.05, 3.63) is 0 Å². The first-order valence-corrected chi connectivity index (χ1v) is 9.25. The van der Waals surface area contributed by atoms with Crippen molar-refractivity contribution >= 4 is 36.6 Å². The molecule has 152 valence electrons. The van der Waals surface area contributed by atoms with Gasteiger partial charge in [0.2, 0.25) is 11.8 Å². The third-order valence-electron chi connectivity index (χ3n) is 5.47. The number of piperazine rings is 1. The highest BCUT2D eigenvalue weighted by Gasteiger charge is 2.31. The normalized spacial score (nSPS) is 27.3. The van der Waals surface area contributed by atoms with Crippen LogP contribution in [0.25, 0.3) is 0 Å². The molecule has 3 fully saturated rings. The summed E-state index contributed by atoms with van der Waals surface area (Å²) in [6, 6.07) is 0.181. The first kappa shape index (κ1) is 23.4. The summed E-state index contributed by atoms with van der Waals surface area (Å²) in [6.07, 6.45) is 3.91. The molecule has 0 bridgehead atoms. The fourth-order valence-electron chi connectivity index (χ4n) is 3.94. The summed E-state index contributed by atoms with van der Waals surface area (Å²) in [5.74, 6) is 0.552. The van der Waals surface area contributed by atoms with Crippen LogP contribution < -0.4 is 5.73 Å². The Kier molecular flexibility index (Phi) is 10.2. The highest BCUT2D eigenvalue weighted by molar-refractivity contribution is 5.85. The van der Waals surface area contributed by atoms with E-state index in [9.17, 15) is 9.59 Å². The van der Waals surface area contributed by atoms with Crippen molar-refractivity contribution in [3.8, 4) is 0 Å². The van der Waals surface area contributed by atoms with Crippen molar-refractivity contribution in [1.82, 2.24) is 14.7 Å². The number of morpholine rings is 1. The van der Waals surface area contributed by atoms with Crippen LogP contribution in [0.3, 0.4) is 0 Å². The first-order valence-electron chi connectivity index (χ1n) is 9.25. The molecule has 9 heteroatoms. The lowest BCUT2D eigenvalue weighted by molar-refractivity contribution is -0.140. The first-order chi connectivity index (χ1) is 11.6. The van der Waals surface area contributed by atoms with Gasteiger partial charge in [-0.3, -0.25) is 14.5 Å². The monoisotopic (exact) mass is 410 g/mol. The summed E-state index contributed by atoms with van der Waals surface area (Å²) < 4.78 is 5.28. The van der Waals surface area contributed by atoms with E-state index in [1.54, 1.807) is 0 Å². The van der Waals surface area contributed by atoms with E-state index in [4.69, 9.17) is 10.5 Å². The maximum absolute atomic E-state index is 12.6. The van der Waals surface area contributed by atoms with Gasteiger partial charge in [-0.25, -0.2) is 0 Å².